The Labute approximate surface area is 107 Å². The van der Waals surface area contributed by atoms with Crippen LogP contribution >= 0.6 is 11.3 Å². The summed E-state index contributed by atoms with van der Waals surface area (Å²) < 4.78 is 38.4. The normalized spacial score (nSPS) is 31.2. The third-order valence-electron chi connectivity index (χ3n) is 4.22. The van der Waals surface area contributed by atoms with Gasteiger partial charge in [0, 0.05) is 12.5 Å². The van der Waals surface area contributed by atoms with Gasteiger partial charge in [0.25, 0.3) is 0 Å². The van der Waals surface area contributed by atoms with E-state index in [1.54, 1.807) is 0 Å². The molecule has 0 saturated heterocycles. The zero-order chi connectivity index (χ0) is 12.9. The summed E-state index contributed by atoms with van der Waals surface area (Å²) in [5.74, 6) is 1.50. The number of alkyl halides is 3. The lowest BCUT2D eigenvalue weighted by Crippen LogP contribution is -2.12. The molecule has 18 heavy (non-hydrogen) atoms. The van der Waals surface area contributed by atoms with Gasteiger partial charge in [0.05, 0.1) is 9.88 Å². The average Bonchev–Trinajstić information content (AvgIpc) is 3.01. The summed E-state index contributed by atoms with van der Waals surface area (Å²) in [6.07, 6.45) is 0.195. The van der Waals surface area contributed by atoms with E-state index in [4.69, 9.17) is 5.73 Å². The molecule has 2 N–H and O–H groups in total. The maximum Gasteiger partial charge on any atom is 0.434 e. The van der Waals surface area contributed by atoms with Crippen LogP contribution in [0, 0.1) is 11.8 Å². The van der Waals surface area contributed by atoms with Crippen molar-refractivity contribution in [3.63, 3.8) is 0 Å². The van der Waals surface area contributed by atoms with Gasteiger partial charge in [0.2, 0.25) is 0 Å². The number of nitrogens with two attached hydrogens (primary N) is 1. The van der Waals surface area contributed by atoms with E-state index in [1.807, 2.05) is 0 Å². The molecule has 1 aromatic heterocycles. The standard InChI is InChI=1S/C12H15F3N2S/c13-12(14,15)10-9(5-16)18-11(17-10)8-4-6-1-2-7(8)3-6/h6-8H,1-5,16H2. The lowest BCUT2D eigenvalue weighted by Gasteiger charge is -2.18. The Morgan fingerprint density at radius 2 is 2.06 bits per heavy atom. The molecule has 0 aromatic carbocycles. The van der Waals surface area contributed by atoms with Crippen molar-refractivity contribution in [3.05, 3.63) is 15.6 Å². The van der Waals surface area contributed by atoms with Crippen molar-refractivity contribution < 1.29 is 13.2 Å². The third-order valence-corrected chi connectivity index (χ3v) is 5.43. The molecule has 3 atom stereocenters. The molecule has 2 nitrogen and oxygen atoms in total. The summed E-state index contributed by atoms with van der Waals surface area (Å²) in [4.78, 5) is 4.05. The van der Waals surface area contributed by atoms with E-state index in [1.165, 1.54) is 24.2 Å². The molecule has 0 spiro atoms. The molecule has 2 saturated carbocycles. The molecule has 1 heterocycles. The maximum absolute atomic E-state index is 12.8. The van der Waals surface area contributed by atoms with Crippen LogP contribution < -0.4 is 5.73 Å². The monoisotopic (exact) mass is 276 g/mol. The van der Waals surface area contributed by atoms with E-state index in [0.717, 1.165) is 12.8 Å². The molecule has 0 radical (unpaired) electrons. The van der Waals surface area contributed by atoms with E-state index in [9.17, 15) is 13.2 Å². The van der Waals surface area contributed by atoms with Gasteiger partial charge in [-0.25, -0.2) is 4.98 Å². The zero-order valence-corrected chi connectivity index (χ0v) is 10.7. The van der Waals surface area contributed by atoms with Crippen LogP contribution in [-0.2, 0) is 12.7 Å². The van der Waals surface area contributed by atoms with Crippen molar-refractivity contribution >= 4 is 11.3 Å². The highest BCUT2D eigenvalue weighted by atomic mass is 32.1. The summed E-state index contributed by atoms with van der Waals surface area (Å²) in [5, 5.41) is 0.662. The van der Waals surface area contributed by atoms with Gasteiger partial charge in [-0.2, -0.15) is 13.2 Å². The Morgan fingerprint density at radius 1 is 1.28 bits per heavy atom. The average molecular weight is 276 g/mol. The molecule has 6 heteroatoms. The molecule has 2 aliphatic carbocycles. The number of halogens is 3. The molecule has 3 rings (SSSR count). The van der Waals surface area contributed by atoms with Crippen LogP contribution in [0.4, 0.5) is 13.2 Å². The smallest absolute Gasteiger partial charge is 0.326 e. The Kier molecular flexibility index (Phi) is 2.90. The Balaban J connectivity index is 1.92. The van der Waals surface area contributed by atoms with Gasteiger partial charge in [-0.3, -0.25) is 0 Å². The molecule has 3 unspecified atom stereocenters. The second kappa shape index (κ2) is 4.20. The van der Waals surface area contributed by atoms with Crippen LogP contribution in [0.25, 0.3) is 0 Å². The predicted octanol–water partition coefficient (Wildman–Crippen LogP) is 3.52. The Bertz CT molecular complexity index is 455. The number of rotatable bonds is 2. The van der Waals surface area contributed by atoms with Gasteiger partial charge in [0.1, 0.15) is 0 Å². The lowest BCUT2D eigenvalue weighted by molar-refractivity contribution is -0.141. The van der Waals surface area contributed by atoms with Crippen LogP contribution in [0.5, 0.6) is 0 Å². The lowest BCUT2D eigenvalue weighted by atomic mass is 9.89. The fourth-order valence-electron chi connectivity index (χ4n) is 3.44. The Hall–Kier alpha value is -0.620. The third kappa shape index (κ3) is 1.95. The van der Waals surface area contributed by atoms with Crippen LogP contribution in [-0.4, -0.2) is 4.98 Å². The largest absolute Gasteiger partial charge is 0.434 e. The van der Waals surface area contributed by atoms with E-state index in [-0.39, 0.29) is 17.3 Å². The van der Waals surface area contributed by atoms with Crippen molar-refractivity contribution in [3.8, 4) is 0 Å². The first-order chi connectivity index (χ1) is 8.49. The van der Waals surface area contributed by atoms with Gasteiger partial charge in [-0.15, -0.1) is 11.3 Å². The van der Waals surface area contributed by atoms with Crippen molar-refractivity contribution in [2.75, 3.05) is 0 Å². The molecule has 2 bridgehead atoms. The molecule has 1 aromatic rings. The van der Waals surface area contributed by atoms with Gasteiger partial charge in [-0.05, 0) is 31.1 Å². The number of hydrogen-bond donors (Lipinski definition) is 1. The number of fused-ring (bicyclic) bond motifs is 2. The first-order valence-electron chi connectivity index (χ1n) is 6.26. The first-order valence-corrected chi connectivity index (χ1v) is 7.07. The van der Waals surface area contributed by atoms with Crippen molar-refractivity contribution in [2.45, 2.75) is 44.3 Å². The SMILES string of the molecule is NCc1sc(C2CC3CCC2C3)nc1C(F)(F)F. The maximum atomic E-state index is 12.8. The summed E-state index contributed by atoms with van der Waals surface area (Å²) in [6, 6.07) is 0. The number of nitrogens with zero attached hydrogens (tertiary/aromatic N) is 1. The topological polar surface area (TPSA) is 38.9 Å². The highest BCUT2D eigenvalue weighted by Crippen LogP contribution is 2.54. The fraction of sp³-hybridized carbons (Fsp3) is 0.750. The van der Waals surface area contributed by atoms with Crippen LogP contribution in [0.1, 0.15) is 47.2 Å². The second-order valence-corrected chi connectivity index (χ2v) is 6.42. The van der Waals surface area contributed by atoms with Crippen molar-refractivity contribution in [2.24, 2.45) is 17.6 Å². The fourth-order valence-corrected chi connectivity index (χ4v) is 4.61. The number of hydrogen-bond acceptors (Lipinski definition) is 3. The van der Waals surface area contributed by atoms with Gasteiger partial charge >= 0.3 is 6.18 Å². The Morgan fingerprint density at radius 3 is 2.50 bits per heavy atom. The van der Waals surface area contributed by atoms with Crippen LogP contribution in [0.15, 0.2) is 0 Å². The minimum atomic E-state index is -4.37. The molecule has 2 fully saturated rings. The highest BCUT2D eigenvalue weighted by Gasteiger charge is 2.44. The quantitative estimate of drug-likeness (QED) is 0.897. The minimum absolute atomic E-state index is 0.0761. The van der Waals surface area contributed by atoms with Gasteiger partial charge < -0.3 is 5.73 Å². The van der Waals surface area contributed by atoms with E-state index < -0.39 is 11.9 Å². The summed E-state index contributed by atoms with van der Waals surface area (Å²) >= 11 is 1.17. The van der Waals surface area contributed by atoms with Gasteiger partial charge in [-0.1, -0.05) is 6.42 Å². The van der Waals surface area contributed by atoms with Crippen LogP contribution in [0.2, 0.25) is 0 Å². The summed E-state index contributed by atoms with van der Waals surface area (Å²) in [5.41, 5.74) is 4.65. The predicted molar refractivity (Wildman–Crippen MR) is 63.2 cm³/mol. The molecule has 100 valence electrons. The number of aromatic nitrogens is 1. The van der Waals surface area contributed by atoms with E-state index >= 15 is 0 Å². The minimum Gasteiger partial charge on any atom is -0.326 e. The zero-order valence-electron chi connectivity index (χ0n) is 9.83. The summed E-state index contributed by atoms with van der Waals surface area (Å²) in [7, 11) is 0. The van der Waals surface area contributed by atoms with Crippen LogP contribution in [0.3, 0.4) is 0 Å². The van der Waals surface area contributed by atoms with Gasteiger partial charge in [0.15, 0.2) is 5.69 Å². The molecule has 2 aliphatic rings. The molecule has 0 aliphatic heterocycles. The van der Waals surface area contributed by atoms with Crippen molar-refractivity contribution in [1.29, 1.82) is 0 Å². The van der Waals surface area contributed by atoms with E-state index in [2.05, 4.69) is 4.98 Å². The first kappa shape index (κ1) is 12.4. The van der Waals surface area contributed by atoms with E-state index in [0.29, 0.717) is 16.8 Å². The number of thiazole rings is 1. The second-order valence-electron chi connectivity index (χ2n) is 5.31. The molecule has 0 amide bonds. The van der Waals surface area contributed by atoms with Crippen molar-refractivity contribution in [1.82, 2.24) is 4.98 Å². The summed E-state index contributed by atoms with van der Waals surface area (Å²) in [6.45, 7) is -0.0761. The highest BCUT2D eigenvalue weighted by molar-refractivity contribution is 7.11. The molecular formula is C12H15F3N2S. The molecular weight excluding hydrogens is 261 g/mol.